The number of carbonyl (C=O) groups is 1. The summed E-state index contributed by atoms with van der Waals surface area (Å²) < 4.78 is 5.13. The molecule has 1 aliphatic rings. The quantitative estimate of drug-likeness (QED) is 0.840. The highest BCUT2D eigenvalue weighted by Crippen LogP contribution is 2.17. The summed E-state index contributed by atoms with van der Waals surface area (Å²) in [6, 6.07) is 7.69. The van der Waals surface area contributed by atoms with E-state index in [1.807, 2.05) is 24.3 Å². The number of likely N-dealkylation sites (tertiary alicyclic amines) is 1. The van der Waals surface area contributed by atoms with Gasteiger partial charge in [0.1, 0.15) is 5.75 Å². The van der Waals surface area contributed by atoms with Crippen molar-refractivity contribution in [3.8, 4) is 5.75 Å². The van der Waals surface area contributed by atoms with Gasteiger partial charge in [-0.3, -0.25) is 4.79 Å². The van der Waals surface area contributed by atoms with Crippen LogP contribution in [0.5, 0.6) is 5.75 Å². The molecule has 1 aromatic carbocycles. The zero-order chi connectivity index (χ0) is 16.7. The average Bonchev–Trinajstić information content (AvgIpc) is 2.54. The maximum Gasteiger partial charge on any atom is 0.224 e. The predicted octanol–water partition coefficient (Wildman–Crippen LogP) is 2.72. The second-order valence-corrected chi connectivity index (χ2v) is 6.97. The largest absolute Gasteiger partial charge is 0.497 e. The van der Waals surface area contributed by atoms with E-state index < -0.39 is 0 Å². The molecule has 23 heavy (non-hydrogen) atoms. The molecule has 0 radical (unpaired) electrons. The van der Waals surface area contributed by atoms with Gasteiger partial charge < -0.3 is 15.0 Å². The third kappa shape index (κ3) is 6.22. The number of methoxy groups -OCH3 is 1. The van der Waals surface area contributed by atoms with Crippen LogP contribution in [0.25, 0.3) is 0 Å². The Balaban J connectivity index is 1.66. The molecule has 0 spiro atoms. The second-order valence-electron chi connectivity index (χ2n) is 6.97. The number of nitrogens with one attached hydrogen (secondary N) is 1. The van der Waals surface area contributed by atoms with Crippen molar-refractivity contribution < 1.29 is 9.53 Å². The van der Waals surface area contributed by atoms with Gasteiger partial charge in [-0.05, 0) is 55.5 Å². The summed E-state index contributed by atoms with van der Waals surface area (Å²) in [5.41, 5.74) is 1.02. The van der Waals surface area contributed by atoms with Crippen LogP contribution in [0.1, 0.15) is 32.3 Å². The third-order valence-electron chi connectivity index (χ3n) is 4.44. The molecule has 2 rings (SSSR count). The summed E-state index contributed by atoms with van der Waals surface area (Å²) in [5.74, 6) is 2.29. The molecule has 1 saturated heterocycles. The van der Waals surface area contributed by atoms with Gasteiger partial charge in [-0.15, -0.1) is 0 Å². The molecule has 0 unspecified atom stereocenters. The monoisotopic (exact) mass is 318 g/mol. The summed E-state index contributed by atoms with van der Waals surface area (Å²) in [5, 5.41) is 3.10. The van der Waals surface area contributed by atoms with E-state index in [1.165, 1.54) is 19.4 Å². The lowest BCUT2D eigenvalue weighted by Crippen LogP contribution is -2.40. The first-order valence-corrected chi connectivity index (χ1v) is 8.68. The molecule has 0 aliphatic carbocycles. The molecule has 1 amide bonds. The maximum absolute atomic E-state index is 12.1. The summed E-state index contributed by atoms with van der Waals surface area (Å²) in [6.07, 6.45) is 2.82. The van der Waals surface area contributed by atoms with Gasteiger partial charge in [0, 0.05) is 13.1 Å². The fourth-order valence-corrected chi connectivity index (χ4v) is 3.14. The van der Waals surface area contributed by atoms with Crippen LogP contribution in [0.3, 0.4) is 0 Å². The summed E-state index contributed by atoms with van der Waals surface area (Å²) in [6.45, 7) is 8.87. The highest BCUT2D eigenvalue weighted by atomic mass is 16.5. The van der Waals surface area contributed by atoms with Crippen molar-refractivity contribution in [3.05, 3.63) is 29.8 Å². The molecule has 128 valence electrons. The number of piperidine rings is 1. The minimum atomic E-state index is 0.111. The van der Waals surface area contributed by atoms with Crippen LogP contribution in [-0.2, 0) is 11.2 Å². The van der Waals surface area contributed by atoms with Crippen LogP contribution in [0.15, 0.2) is 24.3 Å². The normalized spacial score (nSPS) is 16.5. The van der Waals surface area contributed by atoms with Gasteiger partial charge >= 0.3 is 0 Å². The first-order chi connectivity index (χ1) is 11.1. The Hall–Kier alpha value is -1.55. The lowest BCUT2D eigenvalue weighted by atomic mass is 9.96. The fraction of sp³-hybridized carbons (Fsp3) is 0.632. The third-order valence-corrected chi connectivity index (χ3v) is 4.44. The van der Waals surface area contributed by atoms with E-state index in [2.05, 4.69) is 24.1 Å². The molecule has 1 heterocycles. The van der Waals surface area contributed by atoms with Crippen LogP contribution in [0.2, 0.25) is 0 Å². The van der Waals surface area contributed by atoms with E-state index in [0.29, 0.717) is 12.3 Å². The Morgan fingerprint density at radius 3 is 2.48 bits per heavy atom. The van der Waals surface area contributed by atoms with Crippen molar-refractivity contribution >= 4 is 5.91 Å². The molecule has 1 aliphatic heterocycles. The molecule has 4 heteroatoms. The molecule has 0 saturated carbocycles. The summed E-state index contributed by atoms with van der Waals surface area (Å²) in [4.78, 5) is 14.6. The SMILES string of the molecule is COc1ccc(CC(=O)NCC2CCN(CC(C)C)CC2)cc1. The topological polar surface area (TPSA) is 41.6 Å². The van der Waals surface area contributed by atoms with Crippen molar-refractivity contribution in [2.75, 3.05) is 33.3 Å². The van der Waals surface area contributed by atoms with Crippen molar-refractivity contribution in [2.45, 2.75) is 33.1 Å². The first-order valence-electron chi connectivity index (χ1n) is 8.68. The number of rotatable bonds is 7. The fourth-order valence-electron chi connectivity index (χ4n) is 3.14. The van der Waals surface area contributed by atoms with Crippen LogP contribution in [0, 0.1) is 11.8 Å². The van der Waals surface area contributed by atoms with E-state index in [1.54, 1.807) is 7.11 Å². The number of benzene rings is 1. The number of hydrogen-bond acceptors (Lipinski definition) is 3. The van der Waals surface area contributed by atoms with E-state index in [0.717, 1.165) is 36.9 Å². The Morgan fingerprint density at radius 1 is 1.26 bits per heavy atom. The lowest BCUT2D eigenvalue weighted by Gasteiger charge is -2.33. The summed E-state index contributed by atoms with van der Waals surface area (Å²) in [7, 11) is 1.65. The number of carbonyl (C=O) groups excluding carboxylic acids is 1. The van der Waals surface area contributed by atoms with Crippen LogP contribution in [-0.4, -0.2) is 44.1 Å². The molecule has 1 N–H and O–H groups in total. The minimum Gasteiger partial charge on any atom is -0.497 e. The highest BCUT2D eigenvalue weighted by molar-refractivity contribution is 5.78. The number of amides is 1. The Morgan fingerprint density at radius 2 is 1.91 bits per heavy atom. The van der Waals surface area contributed by atoms with Crippen molar-refractivity contribution in [1.82, 2.24) is 10.2 Å². The first kappa shape index (κ1) is 17.8. The van der Waals surface area contributed by atoms with Crippen LogP contribution >= 0.6 is 0 Å². The molecule has 0 atom stereocenters. The predicted molar refractivity (Wildman–Crippen MR) is 93.7 cm³/mol. The van der Waals surface area contributed by atoms with Crippen LogP contribution < -0.4 is 10.1 Å². The van der Waals surface area contributed by atoms with E-state index in [9.17, 15) is 4.79 Å². The van der Waals surface area contributed by atoms with Crippen molar-refractivity contribution in [1.29, 1.82) is 0 Å². The van der Waals surface area contributed by atoms with E-state index in [-0.39, 0.29) is 5.91 Å². The number of nitrogens with zero attached hydrogens (tertiary/aromatic N) is 1. The molecule has 4 nitrogen and oxygen atoms in total. The van der Waals surface area contributed by atoms with Crippen molar-refractivity contribution in [2.24, 2.45) is 11.8 Å². The number of ether oxygens (including phenoxy) is 1. The lowest BCUT2D eigenvalue weighted by molar-refractivity contribution is -0.120. The van der Waals surface area contributed by atoms with Gasteiger partial charge in [0.15, 0.2) is 0 Å². The zero-order valence-electron chi connectivity index (χ0n) is 14.7. The highest BCUT2D eigenvalue weighted by Gasteiger charge is 2.20. The van der Waals surface area contributed by atoms with Gasteiger partial charge in [0.2, 0.25) is 5.91 Å². The van der Waals surface area contributed by atoms with Crippen molar-refractivity contribution in [3.63, 3.8) is 0 Å². The van der Waals surface area contributed by atoms with Crippen LogP contribution in [0.4, 0.5) is 0 Å². The smallest absolute Gasteiger partial charge is 0.224 e. The molecule has 1 fully saturated rings. The molecule has 0 aromatic heterocycles. The molecule has 0 bridgehead atoms. The van der Waals surface area contributed by atoms with Gasteiger partial charge in [-0.25, -0.2) is 0 Å². The molecular weight excluding hydrogens is 288 g/mol. The molecule has 1 aromatic rings. The van der Waals surface area contributed by atoms with Gasteiger partial charge in [0.05, 0.1) is 13.5 Å². The number of hydrogen-bond donors (Lipinski definition) is 1. The van der Waals surface area contributed by atoms with Gasteiger partial charge in [0.25, 0.3) is 0 Å². The summed E-state index contributed by atoms with van der Waals surface area (Å²) >= 11 is 0. The average molecular weight is 318 g/mol. The minimum absolute atomic E-state index is 0.111. The Kier molecular flexibility index (Phi) is 6.90. The van der Waals surface area contributed by atoms with Gasteiger partial charge in [-0.1, -0.05) is 26.0 Å². The maximum atomic E-state index is 12.1. The molecular formula is C19H30N2O2. The Labute approximate surface area is 140 Å². The zero-order valence-corrected chi connectivity index (χ0v) is 14.7. The van der Waals surface area contributed by atoms with Gasteiger partial charge in [-0.2, -0.15) is 0 Å². The Bertz CT molecular complexity index is 477. The van der Waals surface area contributed by atoms with E-state index in [4.69, 9.17) is 4.74 Å². The van der Waals surface area contributed by atoms with E-state index >= 15 is 0 Å². The standard InChI is InChI=1S/C19H30N2O2/c1-15(2)14-21-10-8-17(9-11-21)13-20-19(22)12-16-4-6-18(23-3)7-5-16/h4-7,15,17H,8-14H2,1-3H3,(H,20,22). The second kappa shape index (κ2) is 8.92.